The molecule has 7 nitrogen and oxygen atoms in total. The van der Waals surface area contributed by atoms with Gasteiger partial charge in [-0.15, -0.1) is 0 Å². The minimum absolute atomic E-state index is 0.00807. The Labute approximate surface area is 205 Å². The Morgan fingerprint density at radius 2 is 1.51 bits per heavy atom. The van der Waals surface area contributed by atoms with E-state index in [0.717, 1.165) is 45.0 Å². The van der Waals surface area contributed by atoms with Crippen LogP contribution in [0.4, 0.5) is 20.0 Å². The van der Waals surface area contributed by atoms with Crippen molar-refractivity contribution in [3.8, 4) is 11.1 Å². The van der Waals surface area contributed by atoms with E-state index in [4.69, 9.17) is 15.0 Å². The number of fused-ring (bicyclic) bond motifs is 1. The highest BCUT2D eigenvalue weighted by atomic mass is 32.1. The molecule has 1 aliphatic carbocycles. The van der Waals surface area contributed by atoms with Crippen LogP contribution >= 0.6 is 11.3 Å². The molecule has 180 valence electrons. The summed E-state index contributed by atoms with van der Waals surface area (Å²) in [5, 5.41) is 21.1. The Hall–Kier alpha value is -3.98. The molecule has 35 heavy (non-hydrogen) atoms. The summed E-state index contributed by atoms with van der Waals surface area (Å²) < 4.78 is 14.2. The lowest BCUT2D eigenvalue weighted by molar-refractivity contribution is 0.0937. The predicted octanol–water partition coefficient (Wildman–Crippen LogP) is 6.74. The molecule has 1 amide bonds. The van der Waals surface area contributed by atoms with E-state index < -0.39 is 6.16 Å². The number of amides is 1. The summed E-state index contributed by atoms with van der Waals surface area (Å²) in [6, 6.07) is 20.7. The van der Waals surface area contributed by atoms with Crippen molar-refractivity contribution in [2.75, 3.05) is 5.32 Å². The lowest BCUT2D eigenvalue weighted by Crippen LogP contribution is -2.32. The molecule has 0 saturated heterocycles. The van der Waals surface area contributed by atoms with E-state index in [1.165, 1.54) is 36.3 Å². The van der Waals surface area contributed by atoms with E-state index >= 15 is 0 Å². The van der Waals surface area contributed by atoms with Crippen LogP contribution in [-0.2, 0) is 0 Å². The van der Waals surface area contributed by atoms with Crippen molar-refractivity contribution in [1.82, 2.24) is 10.3 Å². The summed E-state index contributed by atoms with van der Waals surface area (Å²) >= 11 is 1.42. The summed E-state index contributed by atoms with van der Waals surface area (Å²) in [6.45, 7) is 0. The number of benzene rings is 3. The fourth-order valence-electron chi connectivity index (χ4n) is 3.97. The molecule has 1 saturated carbocycles. The smallest absolute Gasteiger partial charge is 0.450 e. The van der Waals surface area contributed by atoms with E-state index in [1.807, 2.05) is 48.5 Å². The van der Waals surface area contributed by atoms with Gasteiger partial charge in [-0.2, -0.15) is 0 Å². The Bertz CT molecular complexity index is 1310. The fraction of sp³-hybridized carbons (Fsp3) is 0.192. The SMILES string of the molecule is O=C(NC1CCCC1)c1ccc(-c2ccc(Nc3nc4ccc(F)cc4s3)cc2)cc1.O=C(O)O. The molecular weight excluding hydrogens is 469 g/mol. The minimum Gasteiger partial charge on any atom is -0.450 e. The second kappa shape index (κ2) is 11.0. The summed E-state index contributed by atoms with van der Waals surface area (Å²) in [6.07, 6.45) is 2.73. The first kappa shape index (κ1) is 24.2. The number of nitrogens with zero attached hydrogens (tertiary/aromatic N) is 1. The third kappa shape index (κ3) is 6.54. The quantitative estimate of drug-likeness (QED) is 0.245. The molecular formula is C26H24FN3O4S. The van der Waals surface area contributed by atoms with Gasteiger partial charge < -0.3 is 20.8 Å². The van der Waals surface area contributed by atoms with Gasteiger partial charge in [-0.3, -0.25) is 4.79 Å². The number of aromatic nitrogens is 1. The van der Waals surface area contributed by atoms with Crippen molar-refractivity contribution >= 4 is 44.4 Å². The average Bonchev–Trinajstić information content (AvgIpc) is 3.48. The molecule has 0 aliphatic heterocycles. The number of hydrogen-bond acceptors (Lipinski definition) is 5. The van der Waals surface area contributed by atoms with Gasteiger partial charge in [-0.1, -0.05) is 48.4 Å². The van der Waals surface area contributed by atoms with Crippen LogP contribution in [-0.4, -0.2) is 33.3 Å². The topological polar surface area (TPSA) is 112 Å². The molecule has 1 heterocycles. The van der Waals surface area contributed by atoms with Crippen molar-refractivity contribution in [3.05, 3.63) is 78.1 Å². The van der Waals surface area contributed by atoms with Crippen molar-refractivity contribution < 1.29 is 24.2 Å². The molecule has 1 aliphatic rings. The van der Waals surface area contributed by atoms with Crippen LogP contribution in [0.25, 0.3) is 21.3 Å². The summed E-state index contributed by atoms with van der Waals surface area (Å²) in [7, 11) is 0. The highest BCUT2D eigenvalue weighted by Crippen LogP contribution is 2.30. The summed E-state index contributed by atoms with van der Waals surface area (Å²) in [5.74, 6) is -0.247. The third-order valence-corrected chi connectivity index (χ3v) is 6.59. The van der Waals surface area contributed by atoms with Gasteiger partial charge in [0.05, 0.1) is 10.2 Å². The maximum atomic E-state index is 13.4. The lowest BCUT2D eigenvalue weighted by atomic mass is 10.0. The third-order valence-electron chi connectivity index (χ3n) is 5.66. The van der Waals surface area contributed by atoms with Crippen molar-refractivity contribution in [2.24, 2.45) is 0 Å². The maximum Gasteiger partial charge on any atom is 0.503 e. The monoisotopic (exact) mass is 493 g/mol. The predicted molar refractivity (Wildman–Crippen MR) is 135 cm³/mol. The van der Waals surface area contributed by atoms with Crippen LogP contribution in [0.5, 0.6) is 0 Å². The van der Waals surface area contributed by atoms with Gasteiger partial charge in [-0.05, 0) is 66.4 Å². The summed E-state index contributed by atoms with van der Waals surface area (Å²) in [5.41, 5.74) is 4.51. The second-order valence-corrected chi connectivity index (χ2v) is 9.18. The molecule has 0 spiro atoms. The number of carbonyl (C=O) groups excluding carboxylic acids is 1. The number of hydrogen-bond donors (Lipinski definition) is 4. The fourth-order valence-corrected chi connectivity index (χ4v) is 4.89. The molecule has 0 bridgehead atoms. The zero-order valence-electron chi connectivity index (χ0n) is 18.7. The average molecular weight is 494 g/mol. The van der Waals surface area contributed by atoms with Gasteiger partial charge in [0.2, 0.25) is 0 Å². The Morgan fingerprint density at radius 1 is 0.914 bits per heavy atom. The van der Waals surface area contributed by atoms with Gasteiger partial charge in [0, 0.05) is 17.3 Å². The van der Waals surface area contributed by atoms with Crippen LogP contribution in [0.3, 0.4) is 0 Å². The highest BCUT2D eigenvalue weighted by molar-refractivity contribution is 7.22. The van der Waals surface area contributed by atoms with Crippen LogP contribution in [0, 0.1) is 5.82 Å². The minimum atomic E-state index is -1.83. The van der Waals surface area contributed by atoms with Crippen LogP contribution in [0.2, 0.25) is 0 Å². The van der Waals surface area contributed by atoms with Gasteiger partial charge in [0.25, 0.3) is 5.91 Å². The molecule has 9 heteroatoms. The first-order valence-corrected chi connectivity index (χ1v) is 12.0. The van der Waals surface area contributed by atoms with Crippen LogP contribution in [0.1, 0.15) is 36.0 Å². The number of carbonyl (C=O) groups is 2. The molecule has 3 aromatic carbocycles. The number of carboxylic acid groups (broad SMARTS) is 2. The first-order chi connectivity index (χ1) is 16.9. The zero-order chi connectivity index (χ0) is 24.8. The van der Waals surface area contributed by atoms with E-state index in [-0.39, 0.29) is 11.7 Å². The van der Waals surface area contributed by atoms with E-state index in [0.29, 0.717) is 11.6 Å². The second-order valence-electron chi connectivity index (χ2n) is 8.15. The standard InChI is InChI=1S/C25H22FN3OS.CH2O3/c26-19-11-14-22-23(15-19)31-25(29-22)28-21-12-9-17(10-13-21)16-5-7-18(8-6-16)24(30)27-20-3-1-2-4-20;2-1(3)4/h5-15,20H,1-4H2,(H,27,30)(H,28,29);(H2,2,3,4). The molecule has 0 unspecified atom stereocenters. The highest BCUT2D eigenvalue weighted by Gasteiger charge is 2.17. The lowest BCUT2D eigenvalue weighted by Gasteiger charge is -2.12. The Kier molecular flexibility index (Phi) is 7.57. The zero-order valence-corrected chi connectivity index (χ0v) is 19.5. The van der Waals surface area contributed by atoms with E-state index in [1.54, 1.807) is 6.07 Å². The molecule has 0 atom stereocenters. The summed E-state index contributed by atoms with van der Waals surface area (Å²) in [4.78, 5) is 25.5. The van der Waals surface area contributed by atoms with Gasteiger partial charge in [-0.25, -0.2) is 14.2 Å². The van der Waals surface area contributed by atoms with Crippen LogP contribution < -0.4 is 10.6 Å². The van der Waals surface area contributed by atoms with E-state index in [2.05, 4.69) is 15.6 Å². The number of halogens is 1. The van der Waals surface area contributed by atoms with Gasteiger partial charge >= 0.3 is 6.16 Å². The molecule has 4 N–H and O–H groups in total. The van der Waals surface area contributed by atoms with E-state index in [9.17, 15) is 9.18 Å². The number of thiazole rings is 1. The molecule has 1 aromatic heterocycles. The number of rotatable bonds is 5. The van der Waals surface area contributed by atoms with Crippen molar-refractivity contribution in [1.29, 1.82) is 0 Å². The molecule has 4 aromatic rings. The van der Waals surface area contributed by atoms with Crippen molar-refractivity contribution in [3.63, 3.8) is 0 Å². The largest absolute Gasteiger partial charge is 0.503 e. The van der Waals surface area contributed by atoms with Crippen LogP contribution in [0.15, 0.2) is 66.7 Å². The molecule has 1 fully saturated rings. The van der Waals surface area contributed by atoms with Crippen molar-refractivity contribution in [2.45, 2.75) is 31.7 Å². The van der Waals surface area contributed by atoms with Gasteiger partial charge in [0.15, 0.2) is 5.13 Å². The molecule has 5 rings (SSSR count). The maximum absolute atomic E-state index is 13.4. The normalized spacial score (nSPS) is 13.2. The molecule has 0 radical (unpaired) electrons. The number of anilines is 2. The Balaban J connectivity index is 0.000000672. The first-order valence-electron chi connectivity index (χ1n) is 11.1. The number of nitrogens with one attached hydrogen (secondary N) is 2. The Morgan fingerprint density at radius 3 is 2.14 bits per heavy atom. The van der Waals surface area contributed by atoms with Gasteiger partial charge in [0.1, 0.15) is 5.82 Å².